The number of carboxylic acids is 1. The molecule has 19 heavy (non-hydrogen) atoms. The molecule has 0 aliphatic heterocycles. The summed E-state index contributed by atoms with van der Waals surface area (Å²) >= 11 is 0. The van der Waals surface area contributed by atoms with E-state index in [1.807, 2.05) is 25.1 Å². The van der Waals surface area contributed by atoms with Crippen molar-refractivity contribution in [3.8, 4) is 5.75 Å². The van der Waals surface area contributed by atoms with E-state index in [1.54, 1.807) is 7.11 Å². The molecule has 0 saturated heterocycles. The van der Waals surface area contributed by atoms with Gasteiger partial charge in [-0.05, 0) is 13.0 Å². The normalized spacial score (nSPS) is 10.4. The number of nitrogens with two attached hydrogens (primary N) is 1. The molecule has 2 rings (SSSR count). The van der Waals surface area contributed by atoms with E-state index in [-0.39, 0.29) is 11.4 Å². The first kappa shape index (κ1) is 12.9. The maximum Gasteiger partial charge on any atom is 0.358 e. The molecule has 1 aromatic carbocycles. The molecule has 2 aromatic rings. The van der Waals surface area contributed by atoms with Gasteiger partial charge >= 0.3 is 5.97 Å². The highest BCUT2D eigenvalue weighted by Crippen LogP contribution is 2.21. The van der Waals surface area contributed by atoms with Crippen molar-refractivity contribution in [2.45, 2.75) is 13.5 Å². The van der Waals surface area contributed by atoms with Crippen LogP contribution >= 0.6 is 0 Å². The summed E-state index contributed by atoms with van der Waals surface area (Å²) in [6.45, 7) is 2.38. The molecule has 0 fully saturated rings. The zero-order valence-corrected chi connectivity index (χ0v) is 10.8. The highest BCUT2D eigenvalue weighted by Gasteiger charge is 2.14. The molecule has 0 spiro atoms. The molecule has 3 N–H and O–H groups in total. The summed E-state index contributed by atoms with van der Waals surface area (Å²) in [4.78, 5) is 10.9. The Morgan fingerprint density at radius 1 is 1.53 bits per heavy atom. The number of nitrogens with zero attached hydrogens (tertiary/aromatic N) is 2. The highest BCUT2D eigenvalue weighted by atomic mass is 16.5. The van der Waals surface area contributed by atoms with E-state index in [1.165, 1.54) is 10.9 Å². The number of anilines is 1. The summed E-state index contributed by atoms with van der Waals surface area (Å²) in [6, 6.07) is 5.79. The van der Waals surface area contributed by atoms with Crippen molar-refractivity contribution in [3.05, 3.63) is 41.2 Å². The van der Waals surface area contributed by atoms with E-state index in [9.17, 15) is 4.79 Å². The maximum absolute atomic E-state index is 10.9. The first-order valence-corrected chi connectivity index (χ1v) is 5.71. The van der Waals surface area contributed by atoms with Crippen LogP contribution in [0.4, 0.5) is 5.69 Å². The molecule has 1 heterocycles. The minimum Gasteiger partial charge on any atom is -0.496 e. The fourth-order valence-electron chi connectivity index (χ4n) is 1.89. The fourth-order valence-corrected chi connectivity index (χ4v) is 1.89. The lowest BCUT2D eigenvalue weighted by atomic mass is 10.1. The topological polar surface area (TPSA) is 90.4 Å². The first-order valence-electron chi connectivity index (χ1n) is 5.71. The van der Waals surface area contributed by atoms with Crippen LogP contribution in [-0.2, 0) is 6.54 Å². The summed E-state index contributed by atoms with van der Waals surface area (Å²) in [6.07, 6.45) is 1.51. The number of benzene rings is 1. The second-order valence-corrected chi connectivity index (χ2v) is 4.25. The average molecular weight is 261 g/mol. The maximum atomic E-state index is 10.9. The minimum absolute atomic E-state index is 0.133. The van der Waals surface area contributed by atoms with Crippen LogP contribution in [0.3, 0.4) is 0 Å². The monoisotopic (exact) mass is 261 g/mol. The van der Waals surface area contributed by atoms with Crippen LogP contribution in [0.5, 0.6) is 5.75 Å². The van der Waals surface area contributed by atoms with Crippen LogP contribution in [0.15, 0.2) is 24.4 Å². The summed E-state index contributed by atoms with van der Waals surface area (Å²) in [5.41, 5.74) is 7.63. The highest BCUT2D eigenvalue weighted by molar-refractivity contribution is 5.91. The van der Waals surface area contributed by atoms with Gasteiger partial charge in [0, 0.05) is 11.8 Å². The lowest BCUT2D eigenvalue weighted by Crippen LogP contribution is -2.05. The van der Waals surface area contributed by atoms with E-state index in [2.05, 4.69) is 5.10 Å². The van der Waals surface area contributed by atoms with Crippen molar-refractivity contribution >= 4 is 11.7 Å². The van der Waals surface area contributed by atoms with Crippen molar-refractivity contribution in [2.75, 3.05) is 12.8 Å². The molecule has 0 aliphatic carbocycles. The molecule has 0 atom stereocenters. The lowest BCUT2D eigenvalue weighted by molar-refractivity contribution is 0.0690. The van der Waals surface area contributed by atoms with Crippen LogP contribution in [-0.4, -0.2) is 28.0 Å². The number of aromatic nitrogens is 2. The molecule has 0 amide bonds. The van der Waals surface area contributed by atoms with Crippen molar-refractivity contribution < 1.29 is 14.6 Å². The Balaban J connectivity index is 2.33. The molecule has 0 unspecified atom stereocenters. The third-order valence-electron chi connectivity index (χ3n) is 2.76. The summed E-state index contributed by atoms with van der Waals surface area (Å²) in [5.74, 6) is -0.399. The van der Waals surface area contributed by atoms with Gasteiger partial charge in [0.2, 0.25) is 0 Å². The Bertz CT molecular complexity index is 620. The first-order chi connectivity index (χ1) is 9.01. The predicted molar refractivity (Wildman–Crippen MR) is 70.4 cm³/mol. The van der Waals surface area contributed by atoms with Gasteiger partial charge < -0.3 is 15.6 Å². The molecule has 6 nitrogen and oxygen atoms in total. The van der Waals surface area contributed by atoms with Gasteiger partial charge in [-0.3, -0.25) is 4.68 Å². The second kappa shape index (κ2) is 5.01. The predicted octanol–water partition coefficient (Wildman–Crippen LogP) is 1.53. The Hall–Kier alpha value is -2.50. The van der Waals surface area contributed by atoms with Gasteiger partial charge in [0.15, 0.2) is 5.69 Å². The van der Waals surface area contributed by atoms with E-state index in [0.717, 1.165) is 16.9 Å². The zero-order valence-electron chi connectivity index (χ0n) is 10.8. The third kappa shape index (κ3) is 2.67. The number of aromatic carboxylic acids is 1. The van der Waals surface area contributed by atoms with Crippen LogP contribution in [0, 0.1) is 6.92 Å². The molecule has 6 heteroatoms. The zero-order chi connectivity index (χ0) is 14.0. The van der Waals surface area contributed by atoms with Gasteiger partial charge in [-0.1, -0.05) is 17.7 Å². The van der Waals surface area contributed by atoms with Gasteiger partial charge in [-0.2, -0.15) is 5.10 Å². The Labute approximate surface area is 110 Å². The molecule has 0 saturated carbocycles. The molecule has 100 valence electrons. The van der Waals surface area contributed by atoms with Crippen molar-refractivity contribution in [1.82, 2.24) is 9.78 Å². The number of aryl methyl sites for hydroxylation is 1. The molecule has 0 bridgehead atoms. The standard InChI is InChI=1S/C13H15N3O3/c1-8-3-4-11(19-2)9(5-8)6-16-7-10(14)12(15-16)13(17)18/h3-5,7H,6,14H2,1-2H3,(H,17,18). The molecule has 1 aromatic heterocycles. The fraction of sp³-hybridized carbons (Fsp3) is 0.231. The van der Waals surface area contributed by atoms with E-state index >= 15 is 0 Å². The molecular formula is C13H15N3O3. The smallest absolute Gasteiger partial charge is 0.358 e. The van der Waals surface area contributed by atoms with Crippen LogP contribution < -0.4 is 10.5 Å². The second-order valence-electron chi connectivity index (χ2n) is 4.25. The number of methoxy groups -OCH3 is 1. The number of carboxylic acid groups (broad SMARTS) is 1. The van der Waals surface area contributed by atoms with Gasteiger partial charge in [0.1, 0.15) is 5.75 Å². The summed E-state index contributed by atoms with van der Waals surface area (Å²) in [5, 5.41) is 12.9. The molecular weight excluding hydrogens is 246 g/mol. The van der Waals surface area contributed by atoms with Gasteiger partial charge in [-0.15, -0.1) is 0 Å². The summed E-state index contributed by atoms with van der Waals surface area (Å²) < 4.78 is 6.76. The number of carbonyl (C=O) groups is 1. The number of nitrogen functional groups attached to an aromatic ring is 1. The van der Waals surface area contributed by atoms with Gasteiger partial charge in [-0.25, -0.2) is 4.79 Å². The quantitative estimate of drug-likeness (QED) is 0.871. The SMILES string of the molecule is COc1ccc(C)cc1Cn1cc(N)c(C(=O)O)n1. The van der Waals surface area contributed by atoms with Crippen molar-refractivity contribution in [3.63, 3.8) is 0 Å². The minimum atomic E-state index is -1.13. The Kier molecular flexibility index (Phi) is 3.41. The number of rotatable bonds is 4. The van der Waals surface area contributed by atoms with E-state index < -0.39 is 5.97 Å². The number of ether oxygens (including phenoxy) is 1. The van der Waals surface area contributed by atoms with Crippen molar-refractivity contribution in [1.29, 1.82) is 0 Å². The van der Waals surface area contributed by atoms with E-state index in [0.29, 0.717) is 6.54 Å². The number of hydrogen-bond acceptors (Lipinski definition) is 4. The summed E-state index contributed by atoms with van der Waals surface area (Å²) in [7, 11) is 1.59. The Morgan fingerprint density at radius 3 is 2.84 bits per heavy atom. The van der Waals surface area contributed by atoms with Gasteiger partial charge in [0.25, 0.3) is 0 Å². The molecule has 0 aliphatic rings. The average Bonchev–Trinajstić information content (AvgIpc) is 2.71. The lowest BCUT2D eigenvalue weighted by Gasteiger charge is -2.09. The van der Waals surface area contributed by atoms with Gasteiger partial charge in [0.05, 0.1) is 19.3 Å². The third-order valence-corrected chi connectivity index (χ3v) is 2.76. The Morgan fingerprint density at radius 2 is 2.26 bits per heavy atom. The number of hydrogen-bond donors (Lipinski definition) is 2. The van der Waals surface area contributed by atoms with Crippen LogP contribution in [0.25, 0.3) is 0 Å². The van der Waals surface area contributed by atoms with Crippen LogP contribution in [0.2, 0.25) is 0 Å². The van der Waals surface area contributed by atoms with E-state index in [4.69, 9.17) is 15.6 Å². The van der Waals surface area contributed by atoms with Crippen LogP contribution in [0.1, 0.15) is 21.6 Å². The van der Waals surface area contributed by atoms with Crippen molar-refractivity contribution in [2.24, 2.45) is 0 Å². The largest absolute Gasteiger partial charge is 0.496 e. The molecule has 0 radical (unpaired) electrons.